The Hall–Kier alpha value is -5.19. The molecule has 0 radical (unpaired) electrons. The highest BCUT2D eigenvalue weighted by molar-refractivity contribution is 8.76. The van der Waals surface area contributed by atoms with Gasteiger partial charge in [-0.2, -0.15) is 0 Å². The van der Waals surface area contributed by atoms with Gasteiger partial charge in [0.15, 0.2) is 29.2 Å². The van der Waals surface area contributed by atoms with Crippen molar-refractivity contribution in [3.63, 3.8) is 0 Å². The van der Waals surface area contributed by atoms with E-state index in [1.54, 1.807) is 53.6 Å². The summed E-state index contributed by atoms with van der Waals surface area (Å²) in [7, 11) is 6.02. The molecule has 3 amide bonds. The predicted molar refractivity (Wildman–Crippen MR) is 228 cm³/mol. The first kappa shape index (κ1) is 42.0. The number of aliphatic hydroxyl groups excluding tert-OH is 1. The lowest BCUT2D eigenvalue weighted by Crippen LogP contribution is -2.51. The Bertz CT molecular complexity index is 2150. The van der Waals surface area contributed by atoms with Gasteiger partial charge in [-0.05, 0) is 80.5 Å². The number of aromatic nitrogens is 1. The lowest BCUT2D eigenvalue weighted by molar-refractivity contribution is 0.0491. The maximum absolute atomic E-state index is 14.0. The number of pyridine rings is 1. The number of methoxy groups -OCH3 is 2. The van der Waals surface area contributed by atoms with Crippen molar-refractivity contribution in [2.75, 3.05) is 52.0 Å². The van der Waals surface area contributed by atoms with Crippen LogP contribution in [0.2, 0.25) is 0 Å². The highest BCUT2D eigenvalue weighted by Gasteiger charge is 2.46. The Morgan fingerprint density at radius 1 is 0.898 bits per heavy atom. The van der Waals surface area contributed by atoms with Crippen molar-refractivity contribution in [1.82, 2.24) is 14.8 Å². The second-order valence-corrected chi connectivity index (χ2v) is 17.7. The quantitative estimate of drug-likeness (QED) is 0.0922. The number of carbonyl (C=O) groups excluding carboxylic acids is 3. The molecule has 312 valence electrons. The maximum atomic E-state index is 14.0. The summed E-state index contributed by atoms with van der Waals surface area (Å²) in [6.07, 6.45) is 4.56. The van der Waals surface area contributed by atoms with Crippen LogP contribution in [0.3, 0.4) is 0 Å². The van der Waals surface area contributed by atoms with Crippen LogP contribution in [0.25, 0.3) is 0 Å². The zero-order valence-electron chi connectivity index (χ0n) is 33.7. The topological polar surface area (TPSA) is 153 Å². The predicted octanol–water partition coefficient (Wildman–Crippen LogP) is 7.40. The molecule has 1 aromatic heterocycles. The summed E-state index contributed by atoms with van der Waals surface area (Å²) in [6.45, 7) is 13.5. The number of benzene rings is 2. The van der Waals surface area contributed by atoms with Gasteiger partial charge in [-0.3, -0.25) is 14.6 Å². The van der Waals surface area contributed by atoms with Crippen LogP contribution in [0.5, 0.6) is 23.0 Å². The number of aryl methyl sites for hydroxylation is 1. The van der Waals surface area contributed by atoms with Crippen molar-refractivity contribution in [2.24, 2.45) is 4.99 Å². The van der Waals surface area contributed by atoms with Crippen LogP contribution in [0, 0.1) is 6.92 Å². The van der Waals surface area contributed by atoms with E-state index in [1.807, 2.05) is 26.0 Å². The van der Waals surface area contributed by atoms with Gasteiger partial charge in [0.1, 0.15) is 11.6 Å². The molecule has 5 heterocycles. The number of unbranched alkanes of at least 4 members (excludes halogenated alkanes) is 2. The van der Waals surface area contributed by atoms with Gasteiger partial charge in [0.05, 0.1) is 62.0 Å². The minimum atomic E-state index is -1.40. The zero-order valence-corrected chi connectivity index (χ0v) is 35.3. The van der Waals surface area contributed by atoms with Gasteiger partial charge >= 0.3 is 6.09 Å². The lowest BCUT2D eigenvalue weighted by atomic mass is 10.1. The molecule has 2 saturated heterocycles. The largest absolute Gasteiger partial charge is 0.493 e. The summed E-state index contributed by atoms with van der Waals surface area (Å²) in [6, 6.07) is 9.66. The molecule has 0 saturated carbocycles. The minimum Gasteiger partial charge on any atom is -0.493 e. The first-order valence-corrected chi connectivity index (χ1v) is 21.8. The highest BCUT2D eigenvalue weighted by atomic mass is 33.1. The molecule has 2 aromatic carbocycles. The minimum absolute atomic E-state index is 0.0575. The van der Waals surface area contributed by atoms with Crippen LogP contribution in [-0.2, 0) is 4.74 Å². The van der Waals surface area contributed by atoms with Gasteiger partial charge in [0.2, 0.25) is 0 Å². The Morgan fingerprint density at radius 3 is 2.25 bits per heavy atom. The Balaban J connectivity index is 0.980. The third-order valence-electron chi connectivity index (χ3n) is 10.5. The number of nitrogens with zero attached hydrogens (tertiary/aromatic N) is 5. The number of aliphatic hydroxyl groups is 1. The van der Waals surface area contributed by atoms with Crippen LogP contribution in [0.1, 0.15) is 65.3 Å². The summed E-state index contributed by atoms with van der Waals surface area (Å²) in [5.41, 5.74) is 4.20. The SMILES string of the molecule is C=C1CC2C=Nc3cc(OCCCCCOc4cc5c(cc4OC)C(=O)N4CC(=C)C[C@H]4[C@H](O)N5C(=O)OC[C@@H](C)SSc4ccc(C)cn4)c(OC)cc3C(=O)N2C1. The molecule has 1 unspecified atom stereocenters. The summed E-state index contributed by atoms with van der Waals surface area (Å²) in [5.74, 6) is 1.12. The molecule has 59 heavy (non-hydrogen) atoms. The average molecular weight is 844 g/mol. The van der Waals surface area contributed by atoms with Crippen LogP contribution >= 0.6 is 21.6 Å². The van der Waals surface area contributed by atoms with Crippen molar-refractivity contribution < 1.29 is 43.2 Å². The molecule has 4 aliphatic heterocycles. The summed E-state index contributed by atoms with van der Waals surface area (Å²) < 4.78 is 29.3. The van der Waals surface area contributed by atoms with Crippen LogP contribution < -0.4 is 23.8 Å². The molecule has 0 spiro atoms. The van der Waals surface area contributed by atoms with E-state index in [2.05, 4.69) is 23.1 Å². The van der Waals surface area contributed by atoms with E-state index in [4.69, 9.17) is 23.7 Å². The summed E-state index contributed by atoms with van der Waals surface area (Å²) in [4.78, 5) is 54.6. The van der Waals surface area contributed by atoms with Gasteiger partial charge in [-0.25, -0.2) is 14.7 Å². The van der Waals surface area contributed by atoms with E-state index in [1.165, 1.54) is 28.7 Å². The number of anilines is 1. The highest BCUT2D eigenvalue weighted by Crippen LogP contribution is 2.43. The second-order valence-electron chi connectivity index (χ2n) is 15.0. The number of amides is 3. The van der Waals surface area contributed by atoms with Gasteiger partial charge < -0.3 is 38.6 Å². The fourth-order valence-electron chi connectivity index (χ4n) is 7.46. The number of rotatable bonds is 15. The molecule has 4 aliphatic rings. The number of hydrogen-bond acceptors (Lipinski definition) is 13. The number of fused-ring (bicyclic) bond motifs is 4. The van der Waals surface area contributed by atoms with Crippen molar-refractivity contribution in [3.05, 3.63) is 83.6 Å². The van der Waals surface area contributed by atoms with E-state index in [0.29, 0.717) is 79.7 Å². The number of hydrogen-bond donors (Lipinski definition) is 1. The van der Waals surface area contributed by atoms with E-state index in [0.717, 1.165) is 33.1 Å². The number of aliphatic imine (C=N–C) groups is 1. The molecule has 2 fully saturated rings. The average Bonchev–Trinajstić information content (AvgIpc) is 3.77. The Morgan fingerprint density at radius 2 is 1.56 bits per heavy atom. The van der Waals surface area contributed by atoms with Crippen LogP contribution in [-0.4, -0.2) is 115 Å². The molecule has 3 aromatic rings. The van der Waals surface area contributed by atoms with Crippen molar-refractivity contribution in [2.45, 2.75) is 74.5 Å². The van der Waals surface area contributed by atoms with Crippen LogP contribution in [0.4, 0.5) is 16.2 Å². The lowest BCUT2D eigenvalue weighted by Gasteiger charge is -2.31. The third kappa shape index (κ3) is 9.19. The van der Waals surface area contributed by atoms with Crippen molar-refractivity contribution in [1.29, 1.82) is 0 Å². The van der Waals surface area contributed by atoms with Crippen molar-refractivity contribution >= 4 is 57.1 Å². The Labute approximate surface area is 352 Å². The van der Waals surface area contributed by atoms with E-state index in [-0.39, 0.29) is 47.5 Å². The van der Waals surface area contributed by atoms with Gasteiger partial charge in [0.25, 0.3) is 11.8 Å². The molecule has 14 nitrogen and oxygen atoms in total. The van der Waals surface area contributed by atoms with E-state index in [9.17, 15) is 19.5 Å². The molecule has 16 heteroatoms. The molecule has 1 N–H and O–H groups in total. The smallest absolute Gasteiger partial charge is 0.416 e. The molecule has 0 aliphatic carbocycles. The van der Waals surface area contributed by atoms with Crippen molar-refractivity contribution in [3.8, 4) is 23.0 Å². The first-order valence-electron chi connectivity index (χ1n) is 19.5. The zero-order chi connectivity index (χ0) is 41.8. The molecular formula is C43H49N5O9S2. The van der Waals surface area contributed by atoms with E-state index < -0.39 is 18.4 Å². The monoisotopic (exact) mass is 843 g/mol. The molecule has 4 atom stereocenters. The first-order chi connectivity index (χ1) is 28.4. The van der Waals surface area contributed by atoms with Gasteiger partial charge in [-0.15, -0.1) is 0 Å². The third-order valence-corrected chi connectivity index (χ3v) is 13.3. The standard InChI is InChI=1S/C43H49N5O9S2/c1-25-10-11-39(45-20-25)59-58-28(4)24-57-43(52)48-33-19-38(36(54-6)17-31(33)41(50)47-23-27(3)15-34(47)42(48)51)56-13-9-7-8-12-55-37-18-32-30(16-35(37)53-5)40(49)46-22-26(2)14-29(46)21-44-32/h10-11,16-21,28-29,34,42,51H,2-3,7-9,12-15,22-24H2,1,4-6H3/t28-,29?,34+,42+/m1/s1. The van der Waals surface area contributed by atoms with Gasteiger partial charge in [-0.1, -0.05) is 41.2 Å². The normalized spacial score (nSPS) is 20.0. The number of ether oxygens (including phenoxy) is 5. The molecular weight excluding hydrogens is 795 g/mol. The maximum Gasteiger partial charge on any atom is 0.416 e. The second kappa shape index (κ2) is 18.4. The molecule has 7 rings (SSSR count). The fourth-order valence-corrected chi connectivity index (χ4v) is 9.31. The summed E-state index contributed by atoms with van der Waals surface area (Å²) >= 11 is 0. The molecule has 0 bridgehead atoms. The van der Waals surface area contributed by atoms with E-state index >= 15 is 0 Å². The fraction of sp³-hybridized carbons (Fsp3) is 0.419. The number of carbonyl (C=O) groups is 3. The summed E-state index contributed by atoms with van der Waals surface area (Å²) in [5, 5.41) is 12.5. The Kier molecular flexibility index (Phi) is 13.1. The van der Waals surface area contributed by atoms with Gasteiger partial charge in [0, 0.05) is 42.9 Å². The van der Waals surface area contributed by atoms with Crippen LogP contribution in [0.15, 0.2) is 76.9 Å².